The van der Waals surface area contributed by atoms with Crippen LogP contribution in [0.5, 0.6) is 5.75 Å². The monoisotopic (exact) mass is 399 g/mol. The molecular weight excluding hydrogens is 372 g/mol. The number of benzene rings is 2. The van der Waals surface area contributed by atoms with Gasteiger partial charge in [-0.25, -0.2) is 0 Å². The molecule has 2 N–H and O–H groups in total. The maximum Gasteiger partial charge on any atom is 0.251 e. The molecule has 0 aliphatic carbocycles. The predicted molar refractivity (Wildman–Crippen MR) is 111 cm³/mol. The highest BCUT2D eigenvalue weighted by Gasteiger charge is 2.42. The number of ether oxygens (including phenoxy) is 1. The summed E-state index contributed by atoms with van der Waals surface area (Å²) >= 11 is 6.04. The van der Waals surface area contributed by atoms with Gasteiger partial charge in [0.1, 0.15) is 12.3 Å². The fourth-order valence-electron chi connectivity index (χ4n) is 5.01. The number of piperidine rings is 2. The largest absolute Gasteiger partial charge is 0.496 e. The molecule has 4 rings (SSSR count). The van der Waals surface area contributed by atoms with E-state index in [9.17, 15) is 4.79 Å². The fourth-order valence-corrected chi connectivity index (χ4v) is 5.20. The number of quaternary nitrogens is 1. The normalized spacial score (nSPS) is 26.5. The van der Waals surface area contributed by atoms with Crippen molar-refractivity contribution in [1.29, 1.82) is 0 Å². The van der Waals surface area contributed by atoms with E-state index >= 15 is 0 Å². The van der Waals surface area contributed by atoms with Crippen molar-refractivity contribution in [2.75, 3.05) is 7.11 Å². The zero-order valence-electron chi connectivity index (χ0n) is 16.3. The molecule has 2 aliphatic heterocycles. The Morgan fingerprint density at radius 3 is 2.61 bits per heavy atom. The van der Waals surface area contributed by atoms with Crippen molar-refractivity contribution in [3.05, 3.63) is 64.7 Å². The summed E-state index contributed by atoms with van der Waals surface area (Å²) in [4.78, 5) is 14.3. The molecule has 0 aromatic heterocycles. The van der Waals surface area contributed by atoms with Crippen LogP contribution in [0.3, 0.4) is 0 Å². The van der Waals surface area contributed by atoms with Crippen LogP contribution in [-0.4, -0.2) is 31.1 Å². The lowest BCUT2D eigenvalue weighted by Gasteiger charge is -2.46. The van der Waals surface area contributed by atoms with E-state index < -0.39 is 0 Å². The number of hydrogen-bond acceptors (Lipinski definition) is 2. The molecule has 2 heterocycles. The molecule has 1 amide bonds. The SMILES string of the molecule is COc1ccccc1C[NH+]1[C@@H]2CCC[C@H]1CC(NC(=O)c1cccc(Cl)c1)C2. The van der Waals surface area contributed by atoms with Crippen LogP contribution in [0.25, 0.3) is 0 Å². The Kier molecular flexibility index (Phi) is 5.88. The van der Waals surface area contributed by atoms with Crippen molar-refractivity contribution in [2.24, 2.45) is 0 Å². The topological polar surface area (TPSA) is 42.8 Å². The molecule has 2 aromatic carbocycles. The lowest BCUT2D eigenvalue weighted by atomic mass is 9.81. The van der Waals surface area contributed by atoms with E-state index in [2.05, 4.69) is 17.4 Å². The third-order valence-electron chi connectivity index (χ3n) is 6.30. The van der Waals surface area contributed by atoms with Gasteiger partial charge >= 0.3 is 0 Å². The van der Waals surface area contributed by atoms with Crippen molar-refractivity contribution in [3.8, 4) is 5.75 Å². The minimum Gasteiger partial charge on any atom is -0.496 e. The highest BCUT2D eigenvalue weighted by atomic mass is 35.5. The average Bonchev–Trinajstić information content (AvgIpc) is 2.69. The highest BCUT2D eigenvalue weighted by molar-refractivity contribution is 6.30. The second-order valence-corrected chi connectivity index (χ2v) is 8.48. The summed E-state index contributed by atoms with van der Waals surface area (Å²) in [5, 5.41) is 3.86. The molecule has 0 spiro atoms. The molecule has 5 heteroatoms. The minimum atomic E-state index is -0.0150. The van der Waals surface area contributed by atoms with Crippen LogP contribution < -0.4 is 15.0 Å². The van der Waals surface area contributed by atoms with E-state index in [0.29, 0.717) is 22.7 Å². The molecule has 2 unspecified atom stereocenters. The van der Waals surface area contributed by atoms with Crippen molar-refractivity contribution in [3.63, 3.8) is 0 Å². The lowest BCUT2D eigenvalue weighted by Crippen LogP contribution is -3.20. The molecule has 2 bridgehead atoms. The molecule has 28 heavy (non-hydrogen) atoms. The number of carbonyl (C=O) groups is 1. The van der Waals surface area contributed by atoms with Gasteiger partial charge in [-0.1, -0.05) is 29.8 Å². The summed E-state index contributed by atoms with van der Waals surface area (Å²) in [6.07, 6.45) is 5.81. The average molecular weight is 400 g/mol. The maximum absolute atomic E-state index is 12.6. The van der Waals surface area contributed by atoms with Crippen molar-refractivity contribution < 1.29 is 14.4 Å². The Balaban J connectivity index is 1.44. The molecule has 4 nitrogen and oxygen atoms in total. The van der Waals surface area contributed by atoms with Gasteiger partial charge in [-0.15, -0.1) is 0 Å². The Morgan fingerprint density at radius 2 is 1.89 bits per heavy atom. The van der Waals surface area contributed by atoms with Gasteiger partial charge in [0, 0.05) is 35.0 Å². The second kappa shape index (κ2) is 8.54. The van der Waals surface area contributed by atoms with Gasteiger partial charge in [-0.3, -0.25) is 4.79 Å². The molecule has 148 valence electrons. The first kappa shape index (κ1) is 19.3. The molecule has 2 fully saturated rings. The summed E-state index contributed by atoms with van der Waals surface area (Å²) < 4.78 is 5.56. The van der Waals surface area contributed by atoms with E-state index in [4.69, 9.17) is 16.3 Å². The van der Waals surface area contributed by atoms with Crippen LogP contribution in [0.15, 0.2) is 48.5 Å². The number of carbonyl (C=O) groups excluding carboxylic acids is 1. The fraction of sp³-hybridized carbons (Fsp3) is 0.435. The van der Waals surface area contributed by atoms with Crippen LogP contribution in [0.2, 0.25) is 5.02 Å². The van der Waals surface area contributed by atoms with Crippen molar-refractivity contribution in [1.82, 2.24) is 5.32 Å². The smallest absolute Gasteiger partial charge is 0.251 e. The summed E-state index contributed by atoms with van der Waals surface area (Å²) in [5.41, 5.74) is 1.92. The third kappa shape index (κ3) is 4.18. The third-order valence-corrected chi connectivity index (χ3v) is 6.54. The maximum atomic E-state index is 12.6. The molecule has 4 atom stereocenters. The molecule has 2 aliphatic rings. The molecule has 2 saturated heterocycles. The van der Waals surface area contributed by atoms with Gasteiger partial charge < -0.3 is 15.0 Å². The Bertz CT molecular complexity index is 827. The highest BCUT2D eigenvalue weighted by Crippen LogP contribution is 2.25. The zero-order chi connectivity index (χ0) is 19.5. The van der Waals surface area contributed by atoms with E-state index in [-0.39, 0.29) is 11.9 Å². The summed E-state index contributed by atoms with van der Waals surface area (Å²) in [5.74, 6) is 0.961. The van der Waals surface area contributed by atoms with Crippen LogP contribution >= 0.6 is 11.6 Å². The van der Waals surface area contributed by atoms with Gasteiger partial charge in [0.05, 0.1) is 19.2 Å². The number of hydrogen-bond donors (Lipinski definition) is 2. The second-order valence-electron chi connectivity index (χ2n) is 8.04. The Labute approximate surface area is 171 Å². The number of nitrogens with one attached hydrogen (secondary N) is 2. The van der Waals surface area contributed by atoms with Crippen LogP contribution in [0.1, 0.15) is 48.0 Å². The first-order valence-corrected chi connectivity index (χ1v) is 10.6. The van der Waals surface area contributed by atoms with E-state index in [1.54, 1.807) is 24.1 Å². The standard InChI is InChI=1S/C23H27ClN2O2/c1-28-22-11-3-2-6-17(22)15-26-20-9-5-10-21(26)14-19(13-20)25-23(27)16-7-4-8-18(24)12-16/h2-4,6-8,11-12,19-21H,5,9-10,13-15H2,1H3,(H,25,27)/p+1/t19?,20-,21+. The summed E-state index contributed by atoms with van der Waals surface area (Å²) in [7, 11) is 1.74. The molecule has 0 saturated carbocycles. The van der Waals surface area contributed by atoms with E-state index in [0.717, 1.165) is 25.1 Å². The predicted octanol–water partition coefficient (Wildman–Crippen LogP) is 3.25. The van der Waals surface area contributed by atoms with Gasteiger partial charge in [-0.05, 0) is 49.6 Å². The number of halogens is 1. The number of fused-ring (bicyclic) bond motifs is 2. The summed E-state index contributed by atoms with van der Waals surface area (Å²) in [6, 6.07) is 16.9. The van der Waals surface area contributed by atoms with E-state index in [1.165, 1.54) is 24.8 Å². The van der Waals surface area contributed by atoms with Crippen LogP contribution in [-0.2, 0) is 6.54 Å². The van der Waals surface area contributed by atoms with Crippen molar-refractivity contribution in [2.45, 2.75) is 56.8 Å². The van der Waals surface area contributed by atoms with Crippen LogP contribution in [0, 0.1) is 0 Å². The zero-order valence-corrected chi connectivity index (χ0v) is 17.0. The van der Waals surface area contributed by atoms with Crippen molar-refractivity contribution >= 4 is 17.5 Å². The molecule has 0 radical (unpaired) electrons. The molecule has 2 aromatic rings. The lowest BCUT2D eigenvalue weighted by molar-refractivity contribution is -0.973. The van der Waals surface area contributed by atoms with Gasteiger partial charge in [0.15, 0.2) is 0 Å². The first-order chi connectivity index (χ1) is 13.6. The minimum absolute atomic E-state index is 0.0150. The number of methoxy groups -OCH3 is 1. The Morgan fingerprint density at radius 1 is 1.14 bits per heavy atom. The number of para-hydroxylation sites is 1. The van der Waals surface area contributed by atoms with Gasteiger partial charge in [-0.2, -0.15) is 0 Å². The van der Waals surface area contributed by atoms with Crippen LogP contribution in [0.4, 0.5) is 0 Å². The Hall–Kier alpha value is -2.04. The summed E-state index contributed by atoms with van der Waals surface area (Å²) in [6.45, 7) is 0.994. The van der Waals surface area contributed by atoms with Gasteiger partial charge in [0.25, 0.3) is 5.91 Å². The number of rotatable bonds is 5. The number of amides is 1. The first-order valence-electron chi connectivity index (χ1n) is 10.2. The quantitative estimate of drug-likeness (QED) is 0.810. The molecular formula is C23H28ClN2O2+. The van der Waals surface area contributed by atoms with E-state index in [1.807, 2.05) is 24.3 Å². The van der Waals surface area contributed by atoms with Gasteiger partial charge in [0.2, 0.25) is 0 Å².